The number of aromatic nitrogens is 4. The number of aryl methyl sites for hydroxylation is 2. The normalized spacial score (nSPS) is 10.8. The molecule has 3 rings (SSSR count). The standard InChI is InChI=1S/C13H12N4O5S/c1-8-14-10(22-16-8)7-20-11(18)4-5-17-13(19)21-12(15-17)9-3-2-6-23-9/h2-3,6H,4-5,7H2,1H3. The first-order valence-electron chi connectivity index (χ1n) is 6.68. The van der Waals surface area contributed by atoms with E-state index in [1.165, 1.54) is 11.3 Å². The molecule has 0 bridgehead atoms. The third-order valence-electron chi connectivity index (χ3n) is 2.79. The van der Waals surface area contributed by atoms with Crippen LogP contribution in [0.5, 0.6) is 0 Å². The third kappa shape index (κ3) is 3.72. The topological polar surface area (TPSA) is 113 Å². The van der Waals surface area contributed by atoms with E-state index in [4.69, 9.17) is 13.7 Å². The number of hydrogen-bond acceptors (Lipinski definition) is 9. The van der Waals surface area contributed by atoms with E-state index >= 15 is 0 Å². The summed E-state index contributed by atoms with van der Waals surface area (Å²) in [6.45, 7) is 1.63. The lowest BCUT2D eigenvalue weighted by atomic mass is 10.4. The van der Waals surface area contributed by atoms with E-state index < -0.39 is 11.7 Å². The summed E-state index contributed by atoms with van der Waals surface area (Å²) in [6.07, 6.45) is -0.0244. The van der Waals surface area contributed by atoms with Gasteiger partial charge in [0, 0.05) is 0 Å². The summed E-state index contributed by atoms with van der Waals surface area (Å²) >= 11 is 1.41. The molecule has 0 aliphatic heterocycles. The molecule has 3 aromatic rings. The van der Waals surface area contributed by atoms with E-state index in [9.17, 15) is 9.59 Å². The third-order valence-corrected chi connectivity index (χ3v) is 3.65. The number of nitrogens with zero attached hydrogens (tertiary/aromatic N) is 4. The van der Waals surface area contributed by atoms with Gasteiger partial charge in [0.15, 0.2) is 12.4 Å². The van der Waals surface area contributed by atoms with E-state index in [2.05, 4.69) is 15.2 Å². The molecule has 0 saturated heterocycles. The Bertz CT molecular complexity index is 848. The summed E-state index contributed by atoms with van der Waals surface area (Å²) in [4.78, 5) is 28.0. The quantitative estimate of drug-likeness (QED) is 0.620. The average Bonchev–Trinajstić information content (AvgIpc) is 3.24. The first-order chi connectivity index (χ1) is 11.1. The van der Waals surface area contributed by atoms with Crippen LogP contribution >= 0.6 is 11.3 Å². The van der Waals surface area contributed by atoms with Crippen molar-refractivity contribution < 1.29 is 18.5 Å². The zero-order chi connectivity index (χ0) is 16.2. The maximum Gasteiger partial charge on any atom is 0.437 e. The first kappa shape index (κ1) is 15.2. The van der Waals surface area contributed by atoms with E-state index in [1.807, 2.05) is 11.4 Å². The molecule has 3 aromatic heterocycles. The summed E-state index contributed by atoms with van der Waals surface area (Å²) in [5, 5.41) is 9.48. The molecular weight excluding hydrogens is 324 g/mol. The summed E-state index contributed by atoms with van der Waals surface area (Å²) in [5.74, 6) is -0.206. The van der Waals surface area contributed by atoms with Gasteiger partial charge < -0.3 is 13.7 Å². The summed E-state index contributed by atoms with van der Waals surface area (Å²) in [6, 6.07) is 3.62. The fraction of sp³-hybridized carbons (Fsp3) is 0.308. The molecule has 0 atom stereocenters. The predicted molar refractivity (Wildman–Crippen MR) is 77.5 cm³/mol. The summed E-state index contributed by atoms with van der Waals surface area (Å²) in [7, 11) is 0. The molecule has 0 fully saturated rings. The Morgan fingerprint density at radius 3 is 3.04 bits per heavy atom. The predicted octanol–water partition coefficient (Wildman–Crippen LogP) is 1.39. The maximum atomic E-state index is 11.7. The van der Waals surface area contributed by atoms with Gasteiger partial charge in [0.2, 0.25) is 0 Å². The minimum Gasteiger partial charge on any atom is -0.456 e. The average molecular weight is 336 g/mol. The number of rotatable bonds is 6. The number of carbonyl (C=O) groups is 1. The molecule has 0 aliphatic rings. The van der Waals surface area contributed by atoms with Crippen LogP contribution < -0.4 is 5.76 Å². The van der Waals surface area contributed by atoms with Crippen LogP contribution in [0.4, 0.5) is 0 Å². The fourth-order valence-corrected chi connectivity index (χ4v) is 2.40. The number of ether oxygens (including phenoxy) is 1. The van der Waals surface area contributed by atoms with E-state index in [0.29, 0.717) is 5.82 Å². The monoisotopic (exact) mass is 336 g/mol. The highest BCUT2D eigenvalue weighted by molar-refractivity contribution is 7.13. The molecule has 0 saturated carbocycles. The molecular formula is C13H12N4O5S. The van der Waals surface area contributed by atoms with Crippen molar-refractivity contribution in [2.45, 2.75) is 26.5 Å². The first-order valence-corrected chi connectivity index (χ1v) is 7.56. The van der Waals surface area contributed by atoms with Crippen LogP contribution in [0.1, 0.15) is 18.1 Å². The Morgan fingerprint density at radius 2 is 2.35 bits per heavy atom. The van der Waals surface area contributed by atoms with Crippen molar-refractivity contribution in [3.05, 3.63) is 39.8 Å². The van der Waals surface area contributed by atoms with Crippen molar-refractivity contribution in [1.29, 1.82) is 0 Å². The van der Waals surface area contributed by atoms with Gasteiger partial charge in [-0.25, -0.2) is 4.79 Å². The Hall–Kier alpha value is -2.75. The van der Waals surface area contributed by atoms with Gasteiger partial charge in [0.25, 0.3) is 11.8 Å². The zero-order valence-electron chi connectivity index (χ0n) is 12.1. The fourth-order valence-electron chi connectivity index (χ4n) is 1.76. The van der Waals surface area contributed by atoms with Crippen molar-refractivity contribution in [2.75, 3.05) is 0 Å². The second kappa shape index (κ2) is 6.57. The SMILES string of the molecule is Cc1noc(COC(=O)CCn2nc(-c3cccs3)oc2=O)n1. The molecule has 10 heteroatoms. The second-order valence-corrected chi connectivity index (χ2v) is 5.47. The van der Waals surface area contributed by atoms with Crippen LogP contribution in [-0.4, -0.2) is 25.9 Å². The Labute approximate surface area is 133 Å². The van der Waals surface area contributed by atoms with Gasteiger partial charge in [-0.3, -0.25) is 4.79 Å². The van der Waals surface area contributed by atoms with Gasteiger partial charge in [0.1, 0.15) is 0 Å². The van der Waals surface area contributed by atoms with Crippen molar-refractivity contribution >= 4 is 17.3 Å². The minimum absolute atomic E-state index is 0.0244. The van der Waals surface area contributed by atoms with Crippen molar-refractivity contribution in [2.24, 2.45) is 0 Å². The van der Waals surface area contributed by atoms with E-state index in [0.717, 1.165) is 9.56 Å². The molecule has 3 heterocycles. The molecule has 9 nitrogen and oxygen atoms in total. The highest BCUT2D eigenvalue weighted by atomic mass is 32.1. The molecule has 0 unspecified atom stereocenters. The second-order valence-electron chi connectivity index (χ2n) is 4.52. The lowest BCUT2D eigenvalue weighted by molar-refractivity contribution is -0.146. The number of esters is 1. The van der Waals surface area contributed by atoms with Gasteiger partial charge in [0.05, 0.1) is 17.8 Å². The number of thiophene rings is 1. The van der Waals surface area contributed by atoms with Gasteiger partial charge in [-0.2, -0.15) is 9.67 Å². The van der Waals surface area contributed by atoms with E-state index in [-0.39, 0.29) is 31.4 Å². The molecule has 23 heavy (non-hydrogen) atoms. The highest BCUT2D eigenvalue weighted by Crippen LogP contribution is 2.21. The van der Waals surface area contributed by atoms with Gasteiger partial charge >= 0.3 is 11.7 Å². The Balaban J connectivity index is 1.54. The maximum absolute atomic E-state index is 11.7. The molecule has 0 spiro atoms. The Morgan fingerprint density at radius 1 is 1.48 bits per heavy atom. The molecule has 0 aliphatic carbocycles. The van der Waals surface area contributed by atoms with Gasteiger partial charge in [-0.05, 0) is 18.4 Å². The largest absolute Gasteiger partial charge is 0.456 e. The number of hydrogen-bond donors (Lipinski definition) is 0. The Kier molecular flexibility index (Phi) is 4.33. The highest BCUT2D eigenvalue weighted by Gasteiger charge is 2.13. The van der Waals surface area contributed by atoms with Crippen LogP contribution in [-0.2, 0) is 22.7 Å². The van der Waals surface area contributed by atoms with Crippen LogP contribution in [0, 0.1) is 6.92 Å². The zero-order valence-corrected chi connectivity index (χ0v) is 12.9. The van der Waals surface area contributed by atoms with Crippen LogP contribution in [0.2, 0.25) is 0 Å². The lowest BCUT2D eigenvalue weighted by Crippen LogP contribution is -2.18. The van der Waals surface area contributed by atoms with Gasteiger partial charge in [-0.1, -0.05) is 11.2 Å². The smallest absolute Gasteiger partial charge is 0.437 e. The van der Waals surface area contributed by atoms with Crippen LogP contribution in [0.3, 0.4) is 0 Å². The molecule has 0 aromatic carbocycles. The van der Waals surface area contributed by atoms with Crippen molar-refractivity contribution in [3.63, 3.8) is 0 Å². The molecule has 120 valence electrons. The van der Waals surface area contributed by atoms with E-state index in [1.54, 1.807) is 13.0 Å². The molecule has 0 N–H and O–H groups in total. The molecule has 0 radical (unpaired) electrons. The van der Waals surface area contributed by atoms with Gasteiger partial charge in [-0.15, -0.1) is 16.4 Å². The van der Waals surface area contributed by atoms with Crippen molar-refractivity contribution in [3.8, 4) is 10.8 Å². The van der Waals surface area contributed by atoms with Crippen LogP contribution in [0.15, 0.2) is 31.2 Å². The minimum atomic E-state index is -0.617. The van der Waals surface area contributed by atoms with Crippen LogP contribution in [0.25, 0.3) is 10.8 Å². The molecule has 0 amide bonds. The lowest BCUT2D eigenvalue weighted by Gasteiger charge is -2.00. The van der Waals surface area contributed by atoms with Crippen molar-refractivity contribution in [1.82, 2.24) is 19.9 Å². The number of carbonyl (C=O) groups excluding carboxylic acids is 1. The summed E-state index contributed by atoms with van der Waals surface area (Å²) < 4.78 is 15.9. The summed E-state index contributed by atoms with van der Waals surface area (Å²) in [5.41, 5.74) is 0.